The van der Waals surface area contributed by atoms with Gasteiger partial charge in [-0.2, -0.15) is 0 Å². The van der Waals surface area contributed by atoms with Crippen LogP contribution in [-0.4, -0.2) is 17.3 Å². The van der Waals surface area contributed by atoms with Gasteiger partial charge in [0, 0.05) is 11.1 Å². The van der Waals surface area contributed by atoms with Gasteiger partial charge in [0.2, 0.25) is 0 Å². The Labute approximate surface area is 93.6 Å². The number of hydrogen-bond acceptors (Lipinski definition) is 3. The first-order valence-electron chi connectivity index (χ1n) is 4.87. The molecule has 0 amide bonds. The van der Waals surface area contributed by atoms with Gasteiger partial charge in [-0.05, 0) is 24.3 Å². The minimum atomic E-state index is 0.113. The topological polar surface area (TPSA) is 49.7 Å². The summed E-state index contributed by atoms with van der Waals surface area (Å²) in [6.07, 6.45) is 0. The Kier molecular flexibility index (Phi) is 2.68. The molecular formula is C13H12O3. The highest BCUT2D eigenvalue weighted by Crippen LogP contribution is 2.37. The minimum Gasteiger partial charge on any atom is -0.507 e. The van der Waals surface area contributed by atoms with Crippen molar-refractivity contribution in [2.75, 3.05) is 7.11 Å². The van der Waals surface area contributed by atoms with E-state index in [4.69, 9.17) is 4.74 Å². The van der Waals surface area contributed by atoms with E-state index in [9.17, 15) is 10.2 Å². The van der Waals surface area contributed by atoms with Gasteiger partial charge in [0.1, 0.15) is 17.2 Å². The molecule has 0 aliphatic carbocycles. The molecule has 2 rings (SSSR count). The Hall–Kier alpha value is -2.16. The molecule has 82 valence electrons. The van der Waals surface area contributed by atoms with E-state index < -0.39 is 0 Å². The van der Waals surface area contributed by atoms with E-state index in [1.165, 1.54) is 0 Å². The molecule has 2 N–H and O–H groups in total. The van der Waals surface area contributed by atoms with Crippen LogP contribution in [0.1, 0.15) is 0 Å². The maximum atomic E-state index is 9.74. The molecule has 0 saturated heterocycles. The fourth-order valence-corrected chi connectivity index (χ4v) is 1.56. The van der Waals surface area contributed by atoms with Crippen LogP contribution >= 0.6 is 0 Å². The van der Waals surface area contributed by atoms with Crippen LogP contribution in [0.4, 0.5) is 0 Å². The first-order chi connectivity index (χ1) is 7.72. The molecular weight excluding hydrogens is 204 g/mol. The summed E-state index contributed by atoms with van der Waals surface area (Å²) in [6, 6.07) is 11.7. The molecule has 0 heterocycles. The summed E-state index contributed by atoms with van der Waals surface area (Å²) in [5.41, 5.74) is 1.14. The second-order valence-electron chi connectivity index (χ2n) is 3.40. The van der Waals surface area contributed by atoms with Crippen LogP contribution in [0, 0.1) is 0 Å². The zero-order chi connectivity index (χ0) is 11.5. The number of aromatic hydroxyl groups is 2. The van der Waals surface area contributed by atoms with Gasteiger partial charge in [0.25, 0.3) is 0 Å². The number of phenolic OH excluding ortho intramolecular Hbond substituents is 2. The van der Waals surface area contributed by atoms with Crippen molar-refractivity contribution < 1.29 is 14.9 Å². The maximum absolute atomic E-state index is 9.74. The van der Waals surface area contributed by atoms with Gasteiger partial charge in [-0.1, -0.05) is 18.2 Å². The average molecular weight is 216 g/mol. The lowest BCUT2D eigenvalue weighted by Gasteiger charge is -2.08. The zero-order valence-electron chi connectivity index (χ0n) is 8.84. The van der Waals surface area contributed by atoms with Crippen molar-refractivity contribution in [3.05, 3.63) is 42.5 Å². The lowest BCUT2D eigenvalue weighted by molar-refractivity contribution is 0.412. The normalized spacial score (nSPS) is 10.1. The first-order valence-corrected chi connectivity index (χ1v) is 4.87. The summed E-state index contributed by atoms with van der Waals surface area (Å²) >= 11 is 0. The highest BCUT2D eigenvalue weighted by atomic mass is 16.5. The van der Waals surface area contributed by atoms with Gasteiger partial charge >= 0.3 is 0 Å². The lowest BCUT2D eigenvalue weighted by Crippen LogP contribution is -1.85. The molecule has 0 radical (unpaired) electrons. The number of benzene rings is 2. The Morgan fingerprint density at radius 2 is 1.56 bits per heavy atom. The Morgan fingerprint density at radius 1 is 0.875 bits per heavy atom. The SMILES string of the molecule is COc1ccc(O)c(-c2ccccc2O)c1. The van der Waals surface area contributed by atoms with E-state index in [1.807, 2.05) is 0 Å². The molecule has 0 fully saturated rings. The van der Waals surface area contributed by atoms with E-state index in [0.29, 0.717) is 16.9 Å². The van der Waals surface area contributed by atoms with E-state index in [-0.39, 0.29) is 11.5 Å². The van der Waals surface area contributed by atoms with E-state index >= 15 is 0 Å². The van der Waals surface area contributed by atoms with Crippen LogP contribution in [-0.2, 0) is 0 Å². The van der Waals surface area contributed by atoms with E-state index in [1.54, 1.807) is 49.6 Å². The molecule has 2 aromatic rings. The fraction of sp³-hybridized carbons (Fsp3) is 0.0769. The lowest BCUT2D eigenvalue weighted by atomic mass is 10.0. The summed E-state index contributed by atoms with van der Waals surface area (Å²) < 4.78 is 5.08. The molecule has 0 bridgehead atoms. The van der Waals surface area contributed by atoms with Gasteiger partial charge in [-0.15, -0.1) is 0 Å². The number of hydrogen-bond donors (Lipinski definition) is 2. The summed E-state index contributed by atoms with van der Waals surface area (Å²) in [4.78, 5) is 0. The zero-order valence-corrected chi connectivity index (χ0v) is 8.84. The third kappa shape index (κ3) is 1.80. The molecule has 0 saturated carbocycles. The van der Waals surface area contributed by atoms with Crippen molar-refractivity contribution in [1.82, 2.24) is 0 Å². The molecule has 0 spiro atoms. The van der Waals surface area contributed by atoms with E-state index in [0.717, 1.165) is 0 Å². The van der Waals surface area contributed by atoms with Crippen molar-refractivity contribution in [2.45, 2.75) is 0 Å². The van der Waals surface area contributed by atoms with Crippen LogP contribution in [0.25, 0.3) is 11.1 Å². The largest absolute Gasteiger partial charge is 0.507 e. The number of ether oxygens (including phenoxy) is 1. The quantitative estimate of drug-likeness (QED) is 0.811. The smallest absolute Gasteiger partial charge is 0.123 e. The fourth-order valence-electron chi connectivity index (χ4n) is 1.56. The number of para-hydroxylation sites is 1. The third-order valence-corrected chi connectivity index (χ3v) is 2.40. The third-order valence-electron chi connectivity index (χ3n) is 2.40. The van der Waals surface area contributed by atoms with Gasteiger partial charge in [0.05, 0.1) is 7.11 Å². The average Bonchev–Trinajstić information content (AvgIpc) is 2.31. The predicted molar refractivity (Wildman–Crippen MR) is 61.8 cm³/mol. The highest BCUT2D eigenvalue weighted by molar-refractivity contribution is 5.76. The molecule has 0 aliphatic rings. The number of methoxy groups -OCH3 is 1. The molecule has 0 aromatic heterocycles. The van der Waals surface area contributed by atoms with Crippen molar-refractivity contribution in [1.29, 1.82) is 0 Å². The van der Waals surface area contributed by atoms with Crippen molar-refractivity contribution in [3.8, 4) is 28.4 Å². The summed E-state index contributed by atoms with van der Waals surface area (Å²) in [7, 11) is 1.56. The maximum Gasteiger partial charge on any atom is 0.123 e. The molecule has 3 nitrogen and oxygen atoms in total. The van der Waals surface area contributed by atoms with Gasteiger partial charge in [-0.3, -0.25) is 0 Å². The molecule has 0 aliphatic heterocycles. The number of phenols is 2. The molecule has 0 unspecified atom stereocenters. The van der Waals surface area contributed by atoms with Crippen LogP contribution in [0.5, 0.6) is 17.2 Å². The van der Waals surface area contributed by atoms with Crippen molar-refractivity contribution >= 4 is 0 Å². The first kappa shape index (κ1) is 10.4. The van der Waals surface area contributed by atoms with E-state index in [2.05, 4.69) is 0 Å². The Balaban J connectivity index is 2.59. The molecule has 2 aromatic carbocycles. The monoisotopic (exact) mass is 216 g/mol. The highest BCUT2D eigenvalue weighted by Gasteiger charge is 2.09. The molecule has 16 heavy (non-hydrogen) atoms. The van der Waals surface area contributed by atoms with Crippen LogP contribution in [0.15, 0.2) is 42.5 Å². The molecule has 3 heteroatoms. The summed E-state index contributed by atoms with van der Waals surface area (Å²) in [5.74, 6) is 0.879. The van der Waals surface area contributed by atoms with Crippen LogP contribution < -0.4 is 4.74 Å². The predicted octanol–water partition coefficient (Wildman–Crippen LogP) is 2.77. The number of rotatable bonds is 2. The van der Waals surface area contributed by atoms with Crippen molar-refractivity contribution in [2.24, 2.45) is 0 Å². The van der Waals surface area contributed by atoms with Crippen LogP contribution in [0.2, 0.25) is 0 Å². The summed E-state index contributed by atoms with van der Waals surface area (Å²) in [5, 5.41) is 19.4. The second-order valence-corrected chi connectivity index (χ2v) is 3.40. The summed E-state index contributed by atoms with van der Waals surface area (Å²) in [6.45, 7) is 0. The standard InChI is InChI=1S/C13H12O3/c1-16-9-6-7-13(15)11(8-9)10-4-2-3-5-12(10)14/h2-8,14-15H,1H3. The van der Waals surface area contributed by atoms with Gasteiger partial charge < -0.3 is 14.9 Å². The van der Waals surface area contributed by atoms with Gasteiger partial charge in [0.15, 0.2) is 0 Å². The van der Waals surface area contributed by atoms with Crippen molar-refractivity contribution in [3.63, 3.8) is 0 Å². The molecule has 0 atom stereocenters. The Bertz CT molecular complexity index is 506. The van der Waals surface area contributed by atoms with Gasteiger partial charge in [-0.25, -0.2) is 0 Å². The minimum absolute atomic E-state index is 0.113. The van der Waals surface area contributed by atoms with Crippen LogP contribution in [0.3, 0.4) is 0 Å². The second kappa shape index (κ2) is 4.14. The Morgan fingerprint density at radius 3 is 2.25 bits per heavy atom.